The fourth-order valence-corrected chi connectivity index (χ4v) is 3.90. The maximum Gasteiger partial charge on any atom is 0.185 e. The summed E-state index contributed by atoms with van der Waals surface area (Å²) in [7, 11) is 0. The molecule has 2 unspecified atom stereocenters. The van der Waals surface area contributed by atoms with Crippen molar-refractivity contribution in [2.75, 3.05) is 31.1 Å². The number of anilines is 1. The minimum atomic E-state index is -0.598. The van der Waals surface area contributed by atoms with E-state index < -0.39 is 6.17 Å². The number of thiazole rings is 1. The molecule has 0 amide bonds. The van der Waals surface area contributed by atoms with Gasteiger partial charge in [0.1, 0.15) is 6.17 Å². The fourth-order valence-electron chi connectivity index (χ4n) is 3.04. The smallest absolute Gasteiger partial charge is 0.185 e. The topological polar surface area (TPSA) is 19.4 Å². The second kappa shape index (κ2) is 5.13. The number of rotatable bonds is 2. The van der Waals surface area contributed by atoms with E-state index in [0.717, 1.165) is 56.3 Å². The van der Waals surface area contributed by atoms with Crippen molar-refractivity contribution in [2.24, 2.45) is 0 Å². The van der Waals surface area contributed by atoms with E-state index in [1.165, 1.54) is 0 Å². The standard InChI is InChI=1S/C13H20FN3S/c1-10-9-18-13(15-10)17-7-5-16(6-8-17)12-4-2-3-11(12)14/h9,11-12H,2-8H2,1H3. The number of aromatic nitrogens is 1. The van der Waals surface area contributed by atoms with Gasteiger partial charge in [-0.05, 0) is 26.2 Å². The van der Waals surface area contributed by atoms with Crippen LogP contribution in [-0.2, 0) is 0 Å². The summed E-state index contributed by atoms with van der Waals surface area (Å²) >= 11 is 1.71. The summed E-state index contributed by atoms with van der Waals surface area (Å²) in [5.41, 5.74) is 1.09. The molecule has 3 rings (SSSR count). The van der Waals surface area contributed by atoms with E-state index in [9.17, 15) is 4.39 Å². The highest BCUT2D eigenvalue weighted by Gasteiger charge is 2.33. The molecule has 2 fully saturated rings. The molecule has 0 bridgehead atoms. The van der Waals surface area contributed by atoms with E-state index in [1.54, 1.807) is 11.3 Å². The minimum absolute atomic E-state index is 0.185. The van der Waals surface area contributed by atoms with Gasteiger partial charge in [-0.2, -0.15) is 0 Å². The van der Waals surface area contributed by atoms with Crippen LogP contribution in [0.2, 0.25) is 0 Å². The third-order valence-corrected chi connectivity index (χ3v) is 5.08. The van der Waals surface area contributed by atoms with Gasteiger partial charge in [-0.3, -0.25) is 4.90 Å². The first-order valence-corrected chi connectivity index (χ1v) is 7.67. The molecular formula is C13H20FN3S. The number of halogens is 1. The Balaban J connectivity index is 1.58. The first-order valence-electron chi connectivity index (χ1n) is 6.79. The van der Waals surface area contributed by atoms with Crippen molar-refractivity contribution in [3.63, 3.8) is 0 Å². The Morgan fingerprint density at radius 3 is 2.61 bits per heavy atom. The summed E-state index contributed by atoms with van der Waals surface area (Å²) < 4.78 is 13.7. The molecule has 2 heterocycles. The quantitative estimate of drug-likeness (QED) is 0.822. The molecule has 3 nitrogen and oxygen atoms in total. The first-order chi connectivity index (χ1) is 8.74. The highest BCUT2D eigenvalue weighted by atomic mass is 32.1. The normalized spacial score (nSPS) is 30.0. The van der Waals surface area contributed by atoms with E-state index in [4.69, 9.17) is 0 Å². The van der Waals surface area contributed by atoms with Crippen LogP contribution in [0.3, 0.4) is 0 Å². The van der Waals surface area contributed by atoms with Gasteiger partial charge in [-0.15, -0.1) is 11.3 Å². The maximum atomic E-state index is 13.7. The van der Waals surface area contributed by atoms with Gasteiger partial charge in [0.25, 0.3) is 0 Å². The zero-order valence-electron chi connectivity index (χ0n) is 10.8. The molecule has 18 heavy (non-hydrogen) atoms. The van der Waals surface area contributed by atoms with E-state index in [-0.39, 0.29) is 6.04 Å². The van der Waals surface area contributed by atoms with Crippen LogP contribution >= 0.6 is 11.3 Å². The molecule has 100 valence electrons. The molecular weight excluding hydrogens is 249 g/mol. The fraction of sp³-hybridized carbons (Fsp3) is 0.769. The molecule has 1 saturated carbocycles. The first kappa shape index (κ1) is 12.4. The van der Waals surface area contributed by atoms with Gasteiger partial charge in [-0.25, -0.2) is 9.37 Å². The van der Waals surface area contributed by atoms with Crippen molar-refractivity contribution >= 4 is 16.5 Å². The van der Waals surface area contributed by atoms with E-state index >= 15 is 0 Å². The molecule has 2 atom stereocenters. The van der Waals surface area contributed by atoms with Crippen LogP contribution in [0.1, 0.15) is 25.0 Å². The second-order valence-corrected chi connectivity index (χ2v) is 6.15. The molecule has 0 spiro atoms. The third kappa shape index (κ3) is 2.38. The lowest BCUT2D eigenvalue weighted by atomic mass is 10.1. The highest BCUT2D eigenvalue weighted by Crippen LogP contribution is 2.29. The monoisotopic (exact) mass is 269 g/mol. The lowest BCUT2D eigenvalue weighted by Crippen LogP contribution is -2.51. The van der Waals surface area contributed by atoms with Gasteiger partial charge in [0, 0.05) is 37.6 Å². The Hall–Kier alpha value is -0.680. The van der Waals surface area contributed by atoms with Crippen molar-refractivity contribution in [1.29, 1.82) is 0 Å². The summed E-state index contributed by atoms with van der Waals surface area (Å²) in [4.78, 5) is 9.20. The van der Waals surface area contributed by atoms with Gasteiger partial charge in [-0.1, -0.05) is 0 Å². The minimum Gasteiger partial charge on any atom is -0.346 e. The molecule has 0 aromatic carbocycles. The summed E-state index contributed by atoms with van der Waals surface area (Å²) in [6.07, 6.45) is 2.25. The largest absolute Gasteiger partial charge is 0.346 e. The number of hydrogen-bond donors (Lipinski definition) is 0. The summed E-state index contributed by atoms with van der Waals surface area (Å²) in [6.45, 7) is 5.95. The summed E-state index contributed by atoms with van der Waals surface area (Å²) in [5, 5.41) is 3.21. The number of nitrogens with zero attached hydrogens (tertiary/aromatic N) is 3. The molecule has 1 aliphatic heterocycles. The van der Waals surface area contributed by atoms with Crippen LogP contribution in [0.25, 0.3) is 0 Å². The third-order valence-electron chi connectivity index (χ3n) is 4.06. The van der Waals surface area contributed by atoms with Gasteiger partial charge < -0.3 is 4.90 Å². The zero-order chi connectivity index (χ0) is 12.5. The van der Waals surface area contributed by atoms with Crippen molar-refractivity contribution in [3.05, 3.63) is 11.1 Å². The Morgan fingerprint density at radius 2 is 2.06 bits per heavy atom. The maximum absolute atomic E-state index is 13.7. The summed E-state index contributed by atoms with van der Waals surface area (Å²) in [5.74, 6) is 0. The van der Waals surface area contributed by atoms with Crippen LogP contribution in [0, 0.1) is 6.92 Å². The van der Waals surface area contributed by atoms with Gasteiger partial charge in [0.05, 0.1) is 5.69 Å². The SMILES string of the molecule is Cc1csc(N2CCN(C3CCCC3F)CC2)n1. The predicted octanol–water partition coefficient (Wildman–Crippen LogP) is 2.46. The molecule has 1 saturated heterocycles. The highest BCUT2D eigenvalue weighted by molar-refractivity contribution is 7.13. The van der Waals surface area contributed by atoms with E-state index in [0.29, 0.717) is 0 Å². The molecule has 1 aromatic heterocycles. The average Bonchev–Trinajstić information content (AvgIpc) is 2.98. The molecule has 2 aliphatic rings. The van der Waals surface area contributed by atoms with Crippen molar-refractivity contribution in [1.82, 2.24) is 9.88 Å². The number of piperazine rings is 1. The van der Waals surface area contributed by atoms with Gasteiger partial charge in [0.15, 0.2) is 5.13 Å². The van der Waals surface area contributed by atoms with Crippen LogP contribution < -0.4 is 4.90 Å². The van der Waals surface area contributed by atoms with Crippen LogP contribution in [0.5, 0.6) is 0 Å². The summed E-state index contributed by atoms with van der Waals surface area (Å²) in [6, 6.07) is 0.185. The number of alkyl halides is 1. The predicted molar refractivity (Wildman–Crippen MR) is 73.2 cm³/mol. The number of hydrogen-bond acceptors (Lipinski definition) is 4. The van der Waals surface area contributed by atoms with Gasteiger partial charge in [0.2, 0.25) is 0 Å². The Morgan fingerprint density at radius 1 is 1.28 bits per heavy atom. The zero-order valence-corrected chi connectivity index (χ0v) is 11.6. The van der Waals surface area contributed by atoms with Crippen LogP contribution in [0.4, 0.5) is 9.52 Å². The molecule has 1 aliphatic carbocycles. The second-order valence-electron chi connectivity index (χ2n) is 5.31. The van der Waals surface area contributed by atoms with E-state index in [1.807, 2.05) is 6.92 Å². The van der Waals surface area contributed by atoms with Crippen LogP contribution in [-0.4, -0.2) is 48.3 Å². The van der Waals surface area contributed by atoms with E-state index in [2.05, 4.69) is 20.2 Å². The lowest BCUT2D eigenvalue weighted by Gasteiger charge is -2.38. The van der Waals surface area contributed by atoms with Crippen molar-refractivity contribution in [3.8, 4) is 0 Å². The lowest BCUT2D eigenvalue weighted by molar-refractivity contribution is 0.125. The Kier molecular flexibility index (Phi) is 3.52. The van der Waals surface area contributed by atoms with Crippen LogP contribution in [0.15, 0.2) is 5.38 Å². The molecule has 5 heteroatoms. The molecule has 0 radical (unpaired) electrons. The number of aryl methyl sites for hydroxylation is 1. The Labute approximate surface area is 112 Å². The van der Waals surface area contributed by atoms with Crippen molar-refractivity contribution in [2.45, 2.75) is 38.4 Å². The molecule has 1 aromatic rings. The molecule has 0 N–H and O–H groups in total. The average molecular weight is 269 g/mol. The van der Waals surface area contributed by atoms with Gasteiger partial charge >= 0.3 is 0 Å². The Bertz CT molecular complexity index is 401. The van der Waals surface area contributed by atoms with Crippen molar-refractivity contribution < 1.29 is 4.39 Å².